The summed E-state index contributed by atoms with van der Waals surface area (Å²) < 4.78 is 31.6. The highest BCUT2D eigenvalue weighted by molar-refractivity contribution is 6.99. The lowest BCUT2D eigenvalue weighted by Crippen LogP contribution is -2.67. The largest absolute Gasteiger partial charge is 0.433 e. The van der Waals surface area contributed by atoms with E-state index in [0.717, 1.165) is 10.4 Å². The monoisotopic (exact) mass is 416 g/mol. The Balaban J connectivity index is 1.92. The summed E-state index contributed by atoms with van der Waals surface area (Å²) in [5.74, 6) is -0.550. The van der Waals surface area contributed by atoms with Gasteiger partial charge in [-0.3, -0.25) is 4.79 Å². The Morgan fingerprint density at radius 1 is 1.07 bits per heavy atom. The maximum absolute atomic E-state index is 14.3. The Hall–Kier alpha value is -2.02. The van der Waals surface area contributed by atoms with Crippen LogP contribution in [0.4, 0.5) is 4.39 Å². The molecular weight excluding hydrogens is 387 g/mol. The van der Waals surface area contributed by atoms with Crippen LogP contribution in [0.3, 0.4) is 0 Å². The lowest BCUT2D eigenvalue weighted by Gasteiger charge is -2.43. The van der Waals surface area contributed by atoms with Gasteiger partial charge >= 0.3 is 5.97 Å². The third-order valence-electron chi connectivity index (χ3n) is 5.29. The lowest BCUT2D eigenvalue weighted by atomic mass is 10.2. The molecule has 4 nitrogen and oxygen atoms in total. The average molecular weight is 417 g/mol. The van der Waals surface area contributed by atoms with E-state index in [9.17, 15) is 9.18 Å². The van der Waals surface area contributed by atoms with Gasteiger partial charge in [0.05, 0.1) is 12.7 Å². The summed E-state index contributed by atoms with van der Waals surface area (Å²) in [6, 6.07) is 20.5. The molecule has 1 saturated heterocycles. The minimum Gasteiger partial charge on any atom is -0.433 e. The van der Waals surface area contributed by atoms with Crippen molar-refractivity contribution in [1.29, 1.82) is 0 Å². The fourth-order valence-corrected chi connectivity index (χ4v) is 8.64. The molecule has 0 radical (unpaired) electrons. The Morgan fingerprint density at radius 3 is 2.03 bits per heavy atom. The van der Waals surface area contributed by atoms with Crippen molar-refractivity contribution in [2.75, 3.05) is 6.61 Å². The number of rotatable bonds is 6. The second-order valence-electron chi connectivity index (χ2n) is 8.46. The van der Waals surface area contributed by atoms with Crippen LogP contribution in [0.25, 0.3) is 0 Å². The van der Waals surface area contributed by atoms with E-state index in [-0.39, 0.29) is 18.1 Å². The third-order valence-corrected chi connectivity index (χ3v) is 10.3. The van der Waals surface area contributed by atoms with Gasteiger partial charge in [0, 0.05) is 13.3 Å². The molecule has 1 aliphatic heterocycles. The first-order valence-electron chi connectivity index (χ1n) is 9.96. The van der Waals surface area contributed by atoms with Crippen molar-refractivity contribution in [3.05, 3.63) is 60.7 Å². The van der Waals surface area contributed by atoms with Crippen LogP contribution in [-0.2, 0) is 18.7 Å². The zero-order chi connectivity index (χ0) is 21.1. The first-order valence-corrected chi connectivity index (χ1v) is 11.9. The topological polar surface area (TPSA) is 44.8 Å². The van der Waals surface area contributed by atoms with Crippen molar-refractivity contribution in [3.8, 4) is 0 Å². The van der Waals surface area contributed by atoms with Gasteiger partial charge < -0.3 is 13.9 Å². The zero-order valence-electron chi connectivity index (χ0n) is 17.4. The summed E-state index contributed by atoms with van der Waals surface area (Å²) in [5, 5.41) is 2.15. The molecule has 0 aromatic heterocycles. The first-order chi connectivity index (χ1) is 13.7. The zero-order valence-corrected chi connectivity index (χ0v) is 18.4. The Labute approximate surface area is 173 Å². The molecule has 0 unspecified atom stereocenters. The van der Waals surface area contributed by atoms with E-state index in [4.69, 9.17) is 13.9 Å². The summed E-state index contributed by atoms with van der Waals surface area (Å²) in [7, 11) is -2.70. The number of esters is 1. The molecule has 0 N–H and O–H groups in total. The highest BCUT2D eigenvalue weighted by Gasteiger charge is 2.51. The number of hydrogen-bond acceptors (Lipinski definition) is 4. The minimum atomic E-state index is -2.70. The predicted molar refractivity (Wildman–Crippen MR) is 114 cm³/mol. The molecule has 1 heterocycles. The van der Waals surface area contributed by atoms with Gasteiger partial charge in [-0.2, -0.15) is 0 Å². The van der Waals surface area contributed by atoms with Gasteiger partial charge in [-0.15, -0.1) is 0 Å². The predicted octanol–water partition coefficient (Wildman–Crippen LogP) is 3.58. The molecule has 0 aliphatic carbocycles. The van der Waals surface area contributed by atoms with E-state index in [1.807, 2.05) is 36.4 Å². The van der Waals surface area contributed by atoms with Crippen molar-refractivity contribution in [3.63, 3.8) is 0 Å². The molecule has 2 aromatic rings. The number of carbonyl (C=O) groups excluding carboxylic acids is 1. The molecule has 3 rings (SSSR count). The molecule has 0 bridgehead atoms. The highest BCUT2D eigenvalue weighted by Crippen LogP contribution is 2.37. The molecule has 156 valence electrons. The molecule has 0 amide bonds. The number of carbonyl (C=O) groups is 1. The number of alkyl halides is 1. The van der Waals surface area contributed by atoms with Crippen LogP contribution in [0.1, 0.15) is 34.1 Å². The SMILES string of the molecule is CC(=O)O[C@@H]1O[C@H](CO[Si](c2ccccc2)(c2ccccc2)C(C)(C)C)C[C@H]1F. The summed E-state index contributed by atoms with van der Waals surface area (Å²) in [5.41, 5.74) is 0. The number of hydrogen-bond donors (Lipinski definition) is 0. The first kappa shape index (κ1) is 21.7. The van der Waals surface area contributed by atoms with Crippen LogP contribution in [0, 0.1) is 0 Å². The lowest BCUT2D eigenvalue weighted by molar-refractivity contribution is -0.181. The van der Waals surface area contributed by atoms with Gasteiger partial charge in [0.25, 0.3) is 8.32 Å². The third kappa shape index (κ3) is 4.60. The van der Waals surface area contributed by atoms with Crippen LogP contribution in [0.15, 0.2) is 60.7 Å². The summed E-state index contributed by atoms with van der Waals surface area (Å²) in [6.07, 6.45) is -2.81. The van der Waals surface area contributed by atoms with E-state index in [2.05, 4.69) is 45.0 Å². The molecule has 29 heavy (non-hydrogen) atoms. The van der Waals surface area contributed by atoms with E-state index in [1.54, 1.807) is 0 Å². The Bertz CT molecular complexity index is 767. The summed E-state index contributed by atoms with van der Waals surface area (Å²) in [4.78, 5) is 11.2. The molecule has 1 aliphatic rings. The van der Waals surface area contributed by atoms with E-state index in [0.29, 0.717) is 0 Å². The van der Waals surface area contributed by atoms with Crippen LogP contribution < -0.4 is 10.4 Å². The molecule has 0 saturated carbocycles. The van der Waals surface area contributed by atoms with Gasteiger partial charge in [-0.25, -0.2) is 4.39 Å². The van der Waals surface area contributed by atoms with E-state index in [1.165, 1.54) is 6.92 Å². The van der Waals surface area contributed by atoms with Gasteiger partial charge in [0.2, 0.25) is 6.29 Å². The average Bonchev–Trinajstić information content (AvgIpc) is 3.01. The molecule has 1 fully saturated rings. The van der Waals surface area contributed by atoms with Crippen molar-refractivity contribution in [1.82, 2.24) is 0 Å². The van der Waals surface area contributed by atoms with Crippen LogP contribution in [0.5, 0.6) is 0 Å². The fourth-order valence-electron chi connectivity index (χ4n) is 4.04. The maximum atomic E-state index is 14.3. The van der Waals surface area contributed by atoms with Gasteiger partial charge in [-0.05, 0) is 15.4 Å². The van der Waals surface area contributed by atoms with E-state index >= 15 is 0 Å². The number of benzene rings is 2. The van der Waals surface area contributed by atoms with Crippen molar-refractivity contribution < 1.29 is 23.1 Å². The standard InChI is InChI=1S/C23H29FO4Si/c1-17(25)27-22-21(24)15-18(28-22)16-26-29(23(2,3)4,19-11-7-5-8-12-19)20-13-9-6-10-14-20/h5-14,18,21-22H,15-16H2,1-4H3/t18-,21+,22+/m0/s1. The van der Waals surface area contributed by atoms with E-state index < -0.39 is 32.9 Å². The second kappa shape index (κ2) is 8.77. The van der Waals surface area contributed by atoms with Crippen molar-refractivity contribution in [2.24, 2.45) is 0 Å². The minimum absolute atomic E-state index is 0.149. The molecule has 0 spiro atoms. The fraction of sp³-hybridized carbons (Fsp3) is 0.435. The van der Waals surface area contributed by atoms with Crippen molar-refractivity contribution >= 4 is 24.7 Å². The summed E-state index contributed by atoms with van der Waals surface area (Å²) in [6.45, 7) is 8.06. The van der Waals surface area contributed by atoms with Crippen molar-refractivity contribution in [2.45, 2.75) is 57.7 Å². The van der Waals surface area contributed by atoms with Gasteiger partial charge in [-0.1, -0.05) is 81.4 Å². The number of halogens is 1. The van der Waals surface area contributed by atoms with Gasteiger partial charge in [0.1, 0.15) is 0 Å². The maximum Gasteiger partial charge on any atom is 0.305 e. The summed E-state index contributed by atoms with van der Waals surface area (Å²) >= 11 is 0. The van der Waals surface area contributed by atoms with Crippen LogP contribution in [0.2, 0.25) is 5.04 Å². The molecular formula is C23H29FO4Si. The van der Waals surface area contributed by atoms with Crippen LogP contribution in [-0.4, -0.2) is 39.5 Å². The second-order valence-corrected chi connectivity index (χ2v) is 12.8. The molecule has 3 atom stereocenters. The van der Waals surface area contributed by atoms with Gasteiger partial charge in [0.15, 0.2) is 6.17 Å². The number of ether oxygens (including phenoxy) is 2. The Kier molecular flexibility index (Phi) is 6.56. The quantitative estimate of drug-likeness (QED) is 0.533. The Morgan fingerprint density at radius 2 is 1.59 bits per heavy atom. The van der Waals surface area contributed by atoms with Crippen LogP contribution >= 0.6 is 0 Å². The normalized spacial score (nSPS) is 22.4. The molecule has 6 heteroatoms. The molecule has 2 aromatic carbocycles. The highest BCUT2D eigenvalue weighted by atomic mass is 28.4. The smallest absolute Gasteiger partial charge is 0.305 e.